The van der Waals surface area contributed by atoms with Crippen LogP contribution in [0.2, 0.25) is 0 Å². The number of ether oxygens (including phenoxy) is 1. The molecule has 1 heterocycles. The Balaban J connectivity index is 2.05. The van der Waals surface area contributed by atoms with Crippen LogP contribution < -0.4 is 9.64 Å². The molecule has 0 saturated carbocycles. The van der Waals surface area contributed by atoms with E-state index < -0.39 is 6.09 Å². The first-order chi connectivity index (χ1) is 9.11. The second-order valence-corrected chi connectivity index (χ2v) is 4.30. The molecule has 1 amide bonds. The number of amides is 1. The zero-order chi connectivity index (χ0) is 13.8. The van der Waals surface area contributed by atoms with E-state index in [0.717, 1.165) is 0 Å². The van der Waals surface area contributed by atoms with Gasteiger partial charge in [0.2, 0.25) is 0 Å². The molecule has 0 unspecified atom stereocenters. The summed E-state index contributed by atoms with van der Waals surface area (Å²) in [4.78, 5) is 14.0. The third kappa shape index (κ3) is 3.07. The summed E-state index contributed by atoms with van der Waals surface area (Å²) in [6.45, 7) is 4.12. The molecule has 0 radical (unpaired) electrons. The first-order valence-corrected chi connectivity index (χ1v) is 6.27. The zero-order valence-corrected chi connectivity index (χ0v) is 10.8. The Hall–Kier alpha value is -1.98. The van der Waals surface area contributed by atoms with Crippen LogP contribution in [0.4, 0.5) is 14.9 Å². The van der Waals surface area contributed by atoms with Crippen LogP contribution in [-0.4, -0.2) is 48.9 Å². The van der Waals surface area contributed by atoms with Crippen LogP contribution in [0.3, 0.4) is 0 Å². The van der Waals surface area contributed by atoms with Crippen LogP contribution in [-0.2, 0) is 0 Å². The molecule has 1 aliphatic rings. The summed E-state index contributed by atoms with van der Waals surface area (Å²) < 4.78 is 19.2. The summed E-state index contributed by atoms with van der Waals surface area (Å²) in [7, 11) is 0. The van der Waals surface area contributed by atoms with Crippen molar-refractivity contribution in [2.75, 3.05) is 37.7 Å². The highest BCUT2D eigenvalue weighted by atomic mass is 19.1. The third-order valence-electron chi connectivity index (χ3n) is 3.12. The van der Waals surface area contributed by atoms with Crippen molar-refractivity contribution < 1.29 is 19.0 Å². The van der Waals surface area contributed by atoms with Crippen LogP contribution in [0.25, 0.3) is 0 Å². The highest BCUT2D eigenvalue weighted by Gasteiger charge is 2.22. The van der Waals surface area contributed by atoms with Crippen LogP contribution in [0, 0.1) is 5.82 Å². The smallest absolute Gasteiger partial charge is 0.407 e. The number of hydrogen-bond acceptors (Lipinski definition) is 3. The van der Waals surface area contributed by atoms with Gasteiger partial charge in [-0.05, 0) is 19.1 Å². The molecule has 1 aliphatic heterocycles. The van der Waals surface area contributed by atoms with Crippen LogP contribution in [0.5, 0.6) is 5.75 Å². The molecular weight excluding hydrogens is 251 g/mol. The van der Waals surface area contributed by atoms with E-state index in [4.69, 9.17) is 9.84 Å². The number of nitrogens with zero attached hydrogens (tertiary/aromatic N) is 2. The van der Waals surface area contributed by atoms with Gasteiger partial charge in [-0.2, -0.15) is 0 Å². The molecule has 1 fully saturated rings. The van der Waals surface area contributed by atoms with Gasteiger partial charge in [-0.1, -0.05) is 0 Å². The second-order valence-electron chi connectivity index (χ2n) is 4.30. The third-order valence-corrected chi connectivity index (χ3v) is 3.12. The Labute approximate surface area is 111 Å². The molecular formula is C13H17FN2O3. The fraction of sp³-hybridized carbons (Fsp3) is 0.462. The molecule has 0 bridgehead atoms. The standard InChI is InChI=1S/C13H17FN2O3/c1-2-19-10-3-4-12(11(14)9-10)15-5-7-16(8-6-15)13(17)18/h3-4,9H,2,5-8H2,1H3,(H,17,18). The first-order valence-electron chi connectivity index (χ1n) is 6.27. The quantitative estimate of drug-likeness (QED) is 0.911. The van der Waals surface area contributed by atoms with Crippen molar-refractivity contribution in [2.24, 2.45) is 0 Å². The minimum Gasteiger partial charge on any atom is -0.494 e. The van der Waals surface area contributed by atoms with E-state index in [0.29, 0.717) is 44.2 Å². The summed E-state index contributed by atoms with van der Waals surface area (Å²) in [5, 5.41) is 8.86. The molecule has 104 valence electrons. The van der Waals surface area contributed by atoms with E-state index in [1.54, 1.807) is 12.1 Å². The average Bonchev–Trinajstić information content (AvgIpc) is 2.39. The monoisotopic (exact) mass is 268 g/mol. The number of carbonyl (C=O) groups is 1. The van der Waals surface area contributed by atoms with Gasteiger partial charge in [0.05, 0.1) is 12.3 Å². The van der Waals surface area contributed by atoms with Crippen LogP contribution >= 0.6 is 0 Å². The largest absolute Gasteiger partial charge is 0.494 e. The first kappa shape index (κ1) is 13.5. The van der Waals surface area contributed by atoms with E-state index in [9.17, 15) is 9.18 Å². The fourth-order valence-electron chi connectivity index (χ4n) is 2.14. The lowest BCUT2D eigenvalue weighted by Crippen LogP contribution is -2.48. The Bertz CT molecular complexity index is 459. The number of piperazine rings is 1. The molecule has 1 N–H and O–H groups in total. The number of benzene rings is 1. The summed E-state index contributed by atoms with van der Waals surface area (Å²) in [6, 6.07) is 4.77. The summed E-state index contributed by atoms with van der Waals surface area (Å²) in [6.07, 6.45) is -0.924. The minimum absolute atomic E-state index is 0.338. The Morgan fingerprint density at radius 3 is 2.58 bits per heavy atom. The molecule has 19 heavy (non-hydrogen) atoms. The van der Waals surface area contributed by atoms with Gasteiger partial charge in [0, 0.05) is 32.2 Å². The Morgan fingerprint density at radius 2 is 2.05 bits per heavy atom. The molecule has 6 heteroatoms. The lowest BCUT2D eigenvalue weighted by atomic mass is 10.2. The lowest BCUT2D eigenvalue weighted by molar-refractivity contribution is 0.142. The average molecular weight is 268 g/mol. The summed E-state index contributed by atoms with van der Waals surface area (Å²) in [5.41, 5.74) is 0.494. The molecule has 0 atom stereocenters. The number of hydrogen-bond donors (Lipinski definition) is 1. The number of rotatable bonds is 3. The SMILES string of the molecule is CCOc1ccc(N2CCN(C(=O)O)CC2)c(F)c1. The van der Waals surface area contributed by atoms with E-state index in [-0.39, 0.29) is 5.82 Å². The minimum atomic E-state index is -0.924. The number of anilines is 1. The van der Waals surface area contributed by atoms with Gasteiger partial charge in [0.15, 0.2) is 0 Å². The summed E-state index contributed by atoms with van der Waals surface area (Å²) >= 11 is 0. The van der Waals surface area contributed by atoms with Gasteiger partial charge in [-0.25, -0.2) is 9.18 Å². The van der Waals surface area contributed by atoms with Crippen molar-refractivity contribution >= 4 is 11.8 Å². The van der Waals surface area contributed by atoms with Gasteiger partial charge in [0.25, 0.3) is 0 Å². The van der Waals surface area contributed by atoms with Crippen molar-refractivity contribution in [1.82, 2.24) is 4.90 Å². The van der Waals surface area contributed by atoms with Crippen molar-refractivity contribution in [3.05, 3.63) is 24.0 Å². The van der Waals surface area contributed by atoms with Crippen LogP contribution in [0.1, 0.15) is 6.92 Å². The summed E-state index contributed by atoms with van der Waals surface area (Å²) in [5.74, 6) is 0.169. The van der Waals surface area contributed by atoms with Gasteiger partial charge in [-0.3, -0.25) is 0 Å². The van der Waals surface area contributed by atoms with Gasteiger partial charge in [-0.15, -0.1) is 0 Å². The topological polar surface area (TPSA) is 53.0 Å². The number of halogens is 1. The molecule has 1 saturated heterocycles. The predicted molar refractivity (Wildman–Crippen MR) is 69.4 cm³/mol. The molecule has 5 nitrogen and oxygen atoms in total. The molecule has 2 rings (SSSR count). The molecule has 0 spiro atoms. The van der Waals surface area contributed by atoms with Gasteiger partial charge >= 0.3 is 6.09 Å². The fourth-order valence-corrected chi connectivity index (χ4v) is 2.14. The van der Waals surface area contributed by atoms with E-state index in [1.807, 2.05) is 11.8 Å². The lowest BCUT2D eigenvalue weighted by Gasteiger charge is -2.34. The highest BCUT2D eigenvalue weighted by molar-refractivity contribution is 5.65. The van der Waals surface area contributed by atoms with Crippen LogP contribution in [0.15, 0.2) is 18.2 Å². The normalized spacial score (nSPS) is 15.5. The highest BCUT2D eigenvalue weighted by Crippen LogP contribution is 2.25. The Kier molecular flexibility index (Phi) is 4.09. The maximum atomic E-state index is 14.0. The van der Waals surface area contributed by atoms with E-state index in [2.05, 4.69) is 0 Å². The molecule has 1 aromatic rings. The second kappa shape index (κ2) is 5.77. The van der Waals surface area contributed by atoms with Crippen molar-refractivity contribution in [2.45, 2.75) is 6.92 Å². The van der Waals surface area contributed by atoms with Gasteiger partial charge < -0.3 is 19.6 Å². The van der Waals surface area contributed by atoms with Crippen molar-refractivity contribution in [3.8, 4) is 5.75 Å². The maximum Gasteiger partial charge on any atom is 0.407 e. The molecule has 1 aromatic carbocycles. The van der Waals surface area contributed by atoms with Crippen molar-refractivity contribution in [1.29, 1.82) is 0 Å². The number of carboxylic acid groups (broad SMARTS) is 1. The predicted octanol–water partition coefficient (Wildman–Crippen LogP) is 2.02. The Morgan fingerprint density at radius 1 is 1.37 bits per heavy atom. The zero-order valence-electron chi connectivity index (χ0n) is 10.8. The van der Waals surface area contributed by atoms with Gasteiger partial charge in [0.1, 0.15) is 11.6 Å². The van der Waals surface area contributed by atoms with Crippen molar-refractivity contribution in [3.63, 3.8) is 0 Å². The molecule has 0 aliphatic carbocycles. The van der Waals surface area contributed by atoms with E-state index >= 15 is 0 Å². The van der Waals surface area contributed by atoms with E-state index in [1.165, 1.54) is 11.0 Å². The molecule has 0 aromatic heterocycles. The maximum absolute atomic E-state index is 14.0.